The van der Waals surface area contributed by atoms with E-state index in [1.165, 1.54) is 0 Å². The Hall–Kier alpha value is -2.63. The van der Waals surface area contributed by atoms with Crippen molar-refractivity contribution in [2.24, 2.45) is 0 Å². The monoisotopic (exact) mass is 255 g/mol. The van der Waals surface area contributed by atoms with E-state index in [-0.39, 0.29) is 11.9 Å². The molecule has 0 aliphatic rings. The molecular weight excluding hydrogens is 242 g/mol. The summed E-state index contributed by atoms with van der Waals surface area (Å²) in [4.78, 5) is 19.2. The van der Waals surface area contributed by atoms with Crippen molar-refractivity contribution in [1.82, 2.24) is 25.5 Å². The molecular formula is C13H13N5O. The van der Waals surface area contributed by atoms with Crippen molar-refractivity contribution in [2.45, 2.75) is 13.0 Å². The van der Waals surface area contributed by atoms with Gasteiger partial charge in [-0.3, -0.25) is 9.89 Å². The Kier molecular flexibility index (Phi) is 2.75. The van der Waals surface area contributed by atoms with Crippen LogP contribution in [0, 0.1) is 0 Å². The number of hydrogen-bond donors (Lipinski definition) is 3. The van der Waals surface area contributed by atoms with E-state index in [4.69, 9.17) is 0 Å². The number of nitrogens with one attached hydrogen (secondary N) is 3. The molecule has 0 radical (unpaired) electrons. The van der Waals surface area contributed by atoms with E-state index in [9.17, 15) is 4.79 Å². The smallest absolute Gasteiger partial charge is 0.251 e. The number of hydrogen-bond acceptors (Lipinski definition) is 3. The zero-order chi connectivity index (χ0) is 13.2. The van der Waals surface area contributed by atoms with Crippen LogP contribution in [0.3, 0.4) is 0 Å². The normalized spacial score (nSPS) is 12.5. The SMILES string of the molecule is CC(NC(=O)c1ccc2[nH]ncc2c1)c1ncc[nH]1. The average Bonchev–Trinajstić information content (AvgIpc) is 3.09. The maximum absolute atomic E-state index is 12.1. The van der Waals surface area contributed by atoms with E-state index in [0.29, 0.717) is 5.56 Å². The fraction of sp³-hybridized carbons (Fsp3) is 0.154. The van der Waals surface area contributed by atoms with E-state index >= 15 is 0 Å². The predicted octanol–water partition coefficient (Wildman–Crippen LogP) is 1.78. The maximum atomic E-state index is 12.1. The predicted molar refractivity (Wildman–Crippen MR) is 70.6 cm³/mol. The van der Waals surface area contributed by atoms with Crippen LogP contribution in [0.2, 0.25) is 0 Å². The highest BCUT2D eigenvalue weighted by Gasteiger charge is 2.13. The van der Waals surface area contributed by atoms with Crippen molar-refractivity contribution in [3.8, 4) is 0 Å². The highest BCUT2D eigenvalue weighted by Crippen LogP contribution is 2.14. The quantitative estimate of drug-likeness (QED) is 0.666. The summed E-state index contributed by atoms with van der Waals surface area (Å²) in [7, 11) is 0. The van der Waals surface area contributed by atoms with Crippen molar-refractivity contribution in [3.63, 3.8) is 0 Å². The van der Waals surface area contributed by atoms with Gasteiger partial charge in [-0.2, -0.15) is 5.10 Å². The molecule has 2 heterocycles. The molecule has 96 valence electrons. The van der Waals surface area contributed by atoms with Gasteiger partial charge in [0.05, 0.1) is 17.8 Å². The summed E-state index contributed by atoms with van der Waals surface area (Å²) in [5.41, 5.74) is 1.52. The molecule has 0 aliphatic carbocycles. The molecule has 0 fully saturated rings. The van der Waals surface area contributed by atoms with Crippen molar-refractivity contribution < 1.29 is 4.79 Å². The number of imidazole rings is 1. The largest absolute Gasteiger partial charge is 0.347 e. The minimum atomic E-state index is -0.164. The highest BCUT2D eigenvalue weighted by atomic mass is 16.1. The van der Waals surface area contributed by atoms with Gasteiger partial charge in [0, 0.05) is 23.3 Å². The lowest BCUT2D eigenvalue weighted by molar-refractivity contribution is 0.0938. The molecule has 0 bridgehead atoms. The first-order valence-electron chi connectivity index (χ1n) is 5.97. The Morgan fingerprint density at radius 2 is 2.32 bits per heavy atom. The number of carbonyl (C=O) groups excluding carboxylic acids is 1. The fourth-order valence-electron chi connectivity index (χ4n) is 1.95. The summed E-state index contributed by atoms with van der Waals surface area (Å²) in [6.45, 7) is 1.88. The van der Waals surface area contributed by atoms with Crippen LogP contribution in [0.5, 0.6) is 0 Å². The molecule has 1 amide bonds. The summed E-state index contributed by atoms with van der Waals surface area (Å²) in [6, 6.07) is 5.25. The molecule has 1 aromatic carbocycles. The van der Waals surface area contributed by atoms with E-state index in [1.54, 1.807) is 24.7 Å². The lowest BCUT2D eigenvalue weighted by Crippen LogP contribution is -2.27. The first-order valence-corrected chi connectivity index (χ1v) is 5.97. The summed E-state index contributed by atoms with van der Waals surface area (Å²) < 4.78 is 0. The Bertz CT molecular complexity index is 701. The molecule has 1 atom stereocenters. The number of rotatable bonds is 3. The lowest BCUT2D eigenvalue weighted by atomic mass is 10.1. The second kappa shape index (κ2) is 4.56. The Balaban J connectivity index is 1.79. The molecule has 3 aromatic rings. The van der Waals surface area contributed by atoms with E-state index in [2.05, 4.69) is 25.5 Å². The molecule has 6 nitrogen and oxygen atoms in total. The Labute approximate surface area is 109 Å². The molecule has 0 aliphatic heterocycles. The summed E-state index contributed by atoms with van der Waals surface area (Å²) in [5.74, 6) is 0.602. The van der Waals surface area contributed by atoms with Crippen LogP contribution in [0.25, 0.3) is 10.9 Å². The zero-order valence-corrected chi connectivity index (χ0v) is 10.3. The van der Waals surface area contributed by atoms with Crippen LogP contribution < -0.4 is 5.32 Å². The number of aromatic nitrogens is 4. The average molecular weight is 255 g/mol. The number of carbonyl (C=O) groups is 1. The van der Waals surface area contributed by atoms with E-state index in [0.717, 1.165) is 16.7 Å². The number of H-pyrrole nitrogens is 2. The first kappa shape index (κ1) is 11.5. The van der Waals surface area contributed by atoms with Gasteiger partial charge >= 0.3 is 0 Å². The van der Waals surface area contributed by atoms with Crippen LogP contribution in [-0.2, 0) is 0 Å². The number of aromatic amines is 2. The van der Waals surface area contributed by atoms with Crippen molar-refractivity contribution in [3.05, 3.63) is 48.2 Å². The fourth-order valence-corrected chi connectivity index (χ4v) is 1.95. The topological polar surface area (TPSA) is 86.5 Å². The van der Waals surface area contributed by atoms with E-state index < -0.39 is 0 Å². The Morgan fingerprint density at radius 1 is 1.42 bits per heavy atom. The van der Waals surface area contributed by atoms with Crippen LogP contribution in [0.1, 0.15) is 29.1 Å². The third kappa shape index (κ3) is 2.20. The van der Waals surface area contributed by atoms with Gasteiger partial charge in [-0.25, -0.2) is 4.98 Å². The summed E-state index contributed by atoms with van der Waals surface area (Å²) in [6.07, 6.45) is 5.09. The second-order valence-corrected chi connectivity index (χ2v) is 4.34. The minimum Gasteiger partial charge on any atom is -0.347 e. The number of fused-ring (bicyclic) bond motifs is 1. The molecule has 3 rings (SSSR count). The molecule has 0 saturated heterocycles. The molecule has 0 saturated carbocycles. The summed E-state index contributed by atoms with van der Waals surface area (Å²) >= 11 is 0. The third-order valence-corrected chi connectivity index (χ3v) is 2.98. The standard InChI is InChI=1S/C13H13N5O/c1-8(12-14-4-5-15-12)17-13(19)9-2-3-11-10(6-9)7-16-18-11/h2-8H,1H3,(H,14,15)(H,16,18)(H,17,19). The molecule has 0 spiro atoms. The molecule has 6 heteroatoms. The second-order valence-electron chi connectivity index (χ2n) is 4.34. The van der Waals surface area contributed by atoms with Crippen LogP contribution >= 0.6 is 0 Å². The van der Waals surface area contributed by atoms with Gasteiger partial charge in [0.15, 0.2) is 0 Å². The van der Waals surface area contributed by atoms with Gasteiger partial charge in [-0.05, 0) is 25.1 Å². The number of amides is 1. The van der Waals surface area contributed by atoms with Crippen LogP contribution in [-0.4, -0.2) is 26.1 Å². The zero-order valence-electron chi connectivity index (χ0n) is 10.3. The Morgan fingerprint density at radius 3 is 3.11 bits per heavy atom. The van der Waals surface area contributed by atoms with Crippen molar-refractivity contribution in [2.75, 3.05) is 0 Å². The van der Waals surface area contributed by atoms with Crippen molar-refractivity contribution >= 4 is 16.8 Å². The van der Waals surface area contributed by atoms with Gasteiger partial charge in [-0.1, -0.05) is 0 Å². The van der Waals surface area contributed by atoms with Gasteiger partial charge in [-0.15, -0.1) is 0 Å². The van der Waals surface area contributed by atoms with Crippen molar-refractivity contribution in [1.29, 1.82) is 0 Å². The molecule has 1 unspecified atom stereocenters. The van der Waals surface area contributed by atoms with Gasteiger partial charge in [0.25, 0.3) is 5.91 Å². The summed E-state index contributed by atoms with van der Waals surface area (Å²) in [5, 5.41) is 10.6. The van der Waals surface area contributed by atoms with Gasteiger partial charge in [0.1, 0.15) is 5.82 Å². The van der Waals surface area contributed by atoms with E-state index in [1.807, 2.05) is 19.1 Å². The minimum absolute atomic E-state index is 0.132. The molecule has 19 heavy (non-hydrogen) atoms. The number of benzene rings is 1. The van der Waals surface area contributed by atoms with Crippen LogP contribution in [0.15, 0.2) is 36.8 Å². The van der Waals surface area contributed by atoms with Gasteiger partial charge in [0.2, 0.25) is 0 Å². The third-order valence-electron chi connectivity index (χ3n) is 2.98. The highest BCUT2D eigenvalue weighted by molar-refractivity contribution is 5.97. The molecule has 2 aromatic heterocycles. The maximum Gasteiger partial charge on any atom is 0.251 e. The molecule has 3 N–H and O–H groups in total. The van der Waals surface area contributed by atoms with Gasteiger partial charge < -0.3 is 10.3 Å². The first-order chi connectivity index (χ1) is 9.24. The number of nitrogens with zero attached hydrogens (tertiary/aromatic N) is 2. The van der Waals surface area contributed by atoms with Crippen LogP contribution in [0.4, 0.5) is 0 Å². The lowest BCUT2D eigenvalue weighted by Gasteiger charge is -2.11.